The minimum Gasteiger partial charge on any atom is -0.391 e. The average molecular weight is 279 g/mol. The normalized spacial score (nSPS) is 11.8. The predicted octanol–water partition coefficient (Wildman–Crippen LogP) is 4.26. The number of halogens is 3. The highest BCUT2D eigenvalue weighted by Gasteiger charge is 2.30. The fourth-order valence-electron chi connectivity index (χ4n) is 1.59. The quantitative estimate of drug-likeness (QED) is 0.605. The van der Waals surface area contributed by atoms with Gasteiger partial charge in [-0.05, 0) is 23.3 Å². The Labute approximate surface area is 114 Å². The number of nitrogens with zero attached hydrogens (tertiary/aromatic N) is 1. The van der Waals surface area contributed by atoms with Crippen molar-refractivity contribution in [1.29, 1.82) is 0 Å². The third-order valence-electron chi connectivity index (χ3n) is 2.56. The van der Waals surface area contributed by atoms with E-state index in [2.05, 4.69) is 5.16 Å². The molecule has 0 heterocycles. The SMILES string of the molecule is FC(F)(F)c1cccc(CON=Cc2ccccc2)c1. The summed E-state index contributed by atoms with van der Waals surface area (Å²) in [5.41, 5.74) is 0.590. The van der Waals surface area contributed by atoms with E-state index in [-0.39, 0.29) is 6.61 Å². The van der Waals surface area contributed by atoms with E-state index in [9.17, 15) is 13.2 Å². The van der Waals surface area contributed by atoms with Gasteiger partial charge in [-0.2, -0.15) is 13.2 Å². The molecule has 0 saturated carbocycles. The minimum atomic E-state index is -4.34. The van der Waals surface area contributed by atoms with Crippen LogP contribution in [0.15, 0.2) is 59.8 Å². The number of oxime groups is 1. The van der Waals surface area contributed by atoms with Gasteiger partial charge in [-0.15, -0.1) is 0 Å². The molecule has 20 heavy (non-hydrogen) atoms. The van der Waals surface area contributed by atoms with Crippen molar-refractivity contribution in [1.82, 2.24) is 0 Å². The summed E-state index contributed by atoms with van der Waals surface area (Å²) < 4.78 is 37.5. The van der Waals surface area contributed by atoms with Crippen LogP contribution in [0, 0.1) is 0 Å². The number of benzene rings is 2. The minimum absolute atomic E-state index is 0.00669. The fourth-order valence-corrected chi connectivity index (χ4v) is 1.59. The van der Waals surface area contributed by atoms with Crippen LogP contribution in [-0.4, -0.2) is 6.21 Å². The lowest BCUT2D eigenvalue weighted by atomic mass is 10.1. The van der Waals surface area contributed by atoms with Crippen LogP contribution in [-0.2, 0) is 17.6 Å². The van der Waals surface area contributed by atoms with Crippen LogP contribution in [0.3, 0.4) is 0 Å². The molecule has 0 aliphatic rings. The monoisotopic (exact) mass is 279 g/mol. The average Bonchev–Trinajstić information content (AvgIpc) is 2.44. The van der Waals surface area contributed by atoms with Gasteiger partial charge in [0.1, 0.15) is 6.61 Å². The topological polar surface area (TPSA) is 21.6 Å². The summed E-state index contributed by atoms with van der Waals surface area (Å²) in [6, 6.07) is 14.3. The van der Waals surface area contributed by atoms with E-state index in [1.54, 1.807) is 6.07 Å². The zero-order valence-electron chi connectivity index (χ0n) is 10.5. The summed E-state index contributed by atoms with van der Waals surface area (Å²) in [6.07, 6.45) is -2.84. The van der Waals surface area contributed by atoms with Crippen molar-refractivity contribution >= 4 is 6.21 Å². The Kier molecular flexibility index (Phi) is 4.40. The van der Waals surface area contributed by atoms with Crippen molar-refractivity contribution in [3.63, 3.8) is 0 Å². The zero-order valence-corrected chi connectivity index (χ0v) is 10.5. The van der Waals surface area contributed by atoms with Gasteiger partial charge in [-0.3, -0.25) is 0 Å². The molecule has 2 aromatic carbocycles. The molecule has 0 saturated heterocycles. The first-order valence-electron chi connectivity index (χ1n) is 5.92. The fraction of sp³-hybridized carbons (Fsp3) is 0.133. The van der Waals surface area contributed by atoms with Gasteiger partial charge in [0.05, 0.1) is 11.8 Å². The van der Waals surface area contributed by atoms with E-state index in [0.717, 1.165) is 17.7 Å². The highest BCUT2D eigenvalue weighted by Crippen LogP contribution is 2.29. The van der Waals surface area contributed by atoms with E-state index in [1.165, 1.54) is 12.3 Å². The van der Waals surface area contributed by atoms with Crippen LogP contribution in [0.5, 0.6) is 0 Å². The van der Waals surface area contributed by atoms with Crippen LogP contribution in [0.1, 0.15) is 16.7 Å². The van der Waals surface area contributed by atoms with Crippen LogP contribution < -0.4 is 0 Å². The van der Waals surface area contributed by atoms with Gasteiger partial charge in [-0.1, -0.05) is 47.6 Å². The highest BCUT2D eigenvalue weighted by atomic mass is 19.4. The van der Waals surface area contributed by atoms with Gasteiger partial charge < -0.3 is 4.84 Å². The first kappa shape index (κ1) is 14.1. The number of alkyl halides is 3. The summed E-state index contributed by atoms with van der Waals surface area (Å²) in [6.45, 7) is -0.00669. The van der Waals surface area contributed by atoms with Crippen molar-refractivity contribution in [2.45, 2.75) is 12.8 Å². The summed E-state index contributed by atoms with van der Waals surface area (Å²) in [4.78, 5) is 4.99. The molecule has 0 aromatic heterocycles. The Hall–Kier alpha value is -2.30. The van der Waals surface area contributed by atoms with Crippen molar-refractivity contribution in [3.8, 4) is 0 Å². The summed E-state index contributed by atoms with van der Waals surface area (Å²) in [5.74, 6) is 0. The van der Waals surface area contributed by atoms with E-state index < -0.39 is 11.7 Å². The summed E-state index contributed by atoms with van der Waals surface area (Å²) in [7, 11) is 0. The van der Waals surface area contributed by atoms with Crippen LogP contribution in [0.2, 0.25) is 0 Å². The van der Waals surface area contributed by atoms with Gasteiger partial charge in [0, 0.05) is 0 Å². The van der Waals surface area contributed by atoms with Gasteiger partial charge in [0.25, 0.3) is 0 Å². The lowest BCUT2D eigenvalue weighted by Crippen LogP contribution is -2.05. The molecule has 0 aliphatic heterocycles. The van der Waals surface area contributed by atoms with Crippen molar-refractivity contribution in [2.24, 2.45) is 5.16 Å². The molecule has 0 N–H and O–H groups in total. The summed E-state index contributed by atoms with van der Waals surface area (Å²) >= 11 is 0. The highest BCUT2D eigenvalue weighted by molar-refractivity contribution is 5.78. The third kappa shape index (κ3) is 4.12. The van der Waals surface area contributed by atoms with Crippen molar-refractivity contribution in [3.05, 3.63) is 71.3 Å². The maximum absolute atomic E-state index is 12.5. The zero-order chi connectivity index (χ0) is 14.4. The molecule has 0 fully saturated rings. The molecule has 2 rings (SSSR count). The smallest absolute Gasteiger partial charge is 0.391 e. The second-order valence-corrected chi connectivity index (χ2v) is 4.12. The number of hydrogen-bond acceptors (Lipinski definition) is 2. The Bertz CT molecular complexity index is 579. The standard InChI is InChI=1S/C15H12F3NO/c16-15(17,18)14-8-4-7-13(9-14)11-20-19-10-12-5-2-1-3-6-12/h1-10H,11H2. The third-order valence-corrected chi connectivity index (χ3v) is 2.56. The summed E-state index contributed by atoms with van der Waals surface area (Å²) in [5, 5.41) is 3.72. The molecule has 0 unspecified atom stereocenters. The first-order valence-corrected chi connectivity index (χ1v) is 5.92. The second-order valence-electron chi connectivity index (χ2n) is 4.12. The molecule has 0 amide bonds. The molecular formula is C15H12F3NO. The first-order chi connectivity index (χ1) is 9.55. The predicted molar refractivity (Wildman–Crippen MR) is 70.3 cm³/mol. The van der Waals surface area contributed by atoms with E-state index in [0.29, 0.717) is 5.56 Å². The van der Waals surface area contributed by atoms with Gasteiger partial charge in [-0.25, -0.2) is 0 Å². The lowest BCUT2D eigenvalue weighted by molar-refractivity contribution is -0.137. The van der Waals surface area contributed by atoms with Crippen molar-refractivity contribution < 1.29 is 18.0 Å². The largest absolute Gasteiger partial charge is 0.416 e. The molecule has 0 spiro atoms. The number of rotatable bonds is 4. The van der Waals surface area contributed by atoms with Gasteiger partial charge >= 0.3 is 6.18 Å². The molecule has 0 radical (unpaired) electrons. The molecule has 0 atom stereocenters. The molecule has 0 aliphatic carbocycles. The molecule has 2 aromatic rings. The van der Waals surface area contributed by atoms with E-state index in [1.807, 2.05) is 30.3 Å². The Balaban J connectivity index is 1.93. The van der Waals surface area contributed by atoms with E-state index >= 15 is 0 Å². The van der Waals surface area contributed by atoms with Crippen LogP contribution in [0.25, 0.3) is 0 Å². The van der Waals surface area contributed by atoms with Gasteiger partial charge in [0.2, 0.25) is 0 Å². The maximum Gasteiger partial charge on any atom is 0.416 e. The molecule has 0 bridgehead atoms. The van der Waals surface area contributed by atoms with Crippen molar-refractivity contribution in [2.75, 3.05) is 0 Å². The molecule has 5 heteroatoms. The van der Waals surface area contributed by atoms with Crippen LogP contribution >= 0.6 is 0 Å². The molecule has 104 valence electrons. The molecule has 2 nitrogen and oxygen atoms in total. The molecular weight excluding hydrogens is 267 g/mol. The Morgan fingerprint density at radius 3 is 2.45 bits per heavy atom. The van der Waals surface area contributed by atoms with Crippen LogP contribution in [0.4, 0.5) is 13.2 Å². The second kappa shape index (κ2) is 6.23. The van der Waals surface area contributed by atoms with E-state index in [4.69, 9.17) is 4.84 Å². The Morgan fingerprint density at radius 2 is 1.75 bits per heavy atom. The maximum atomic E-state index is 12.5. The number of hydrogen-bond donors (Lipinski definition) is 0. The van der Waals surface area contributed by atoms with Gasteiger partial charge in [0.15, 0.2) is 0 Å². The Morgan fingerprint density at radius 1 is 1.00 bits per heavy atom. The lowest BCUT2D eigenvalue weighted by Gasteiger charge is -2.07.